The van der Waals surface area contributed by atoms with Crippen LogP contribution in [0.4, 0.5) is 43.9 Å². The van der Waals surface area contributed by atoms with E-state index in [9.17, 15) is 48.7 Å². The predicted molar refractivity (Wildman–Crippen MR) is 73.6 cm³/mol. The lowest BCUT2D eigenvalue weighted by atomic mass is 9.97. The lowest BCUT2D eigenvalue weighted by Crippen LogP contribution is -2.64. The SMILES string of the molecule is O=C(SCCC(F)(F)C(F)(F)C(F)(F)C(F)(F)C(F)F)c1ccccc1. The van der Waals surface area contributed by atoms with Crippen LogP contribution in [-0.4, -0.2) is 41.0 Å². The maximum Gasteiger partial charge on any atom is 0.384 e. The summed E-state index contributed by atoms with van der Waals surface area (Å²) in [6, 6.07) is 6.85. The molecule has 0 aromatic heterocycles. The van der Waals surface area contributed by atoms with Gasteiger partial charge in [0.2, 0.25) is 5.12 Å². The van der Waals surface area contributed by atoms with Gasteiger partial charge in [0, 0.05) is 17.7 Å². The summed E-state index contributed by atoms with van der Waals surface area (Å²) >= 11 is 0.0641. The fraction of sp³-hybridized carbons (Fsp3) is 0.500. The summed E-state index contributed by atoms with van der Waals surface area (Å²) in [6.45, 7) is 0. The van der Waals surface area contributed by atoms with E-state index in [2.05, 4.69) is 0 Å². The van der Waals surface area contributed by atoms with Crippen LogP contribution in [0, 0.1) is 0 Å². The Morgan fingerprint density at radius 3 is 1.85 bits per heavy atom. The van der Waals surface area contributed by atoms with Gasteiger partial charge in [-0.1, -0.05) is 42.1 Å². The molecule has 0 heterocycles. The van der Waals surface area contributed by atoms with Crippen molar-refractivity contribution >= 4 is 16.9 Å². The van der Waals surface area contributed by atoms with Crippen molar-refractivity contribution in [2.45, 2.75) is 36.5 Å². The molecule has 0 saturated heterocycles. The highest BCUT2D eigenvalue weighted by Crippen LogP contribution is 2.55. The van der Waals surface area contributed by atoms with Gasteiger partial charge in [-0.25, -0.2) is 8.78 Å². The molecule has 26 heavy (non-hydrogen) atoms. The number of hydrogen-bond acceptors (Lipinski definition) is 2. The summed E-state index contributed by atoms with van der Waals surface area (Å²) in [6.07, 6.45) is -7.40. The van der Waals surface area contributed by atoms with Gasteiger partial charge >= 0.3 is 30.1 Å². The van der Waals surface area contributed by atoms with Crippen molar-refractivity contribution in [1.29, 1.82) is 0 Å². The summed E-state index contributed by atoms with van der Waals surface area (Å²) in [5.41, 5.74) is 0.00198. The van der Waals surface area contributed by atoms with Crippen molar-refractivity contribution in [3.63, 3.8) is 0 Å². The van der Waals surface area contributed by atoms with Gasteiger partial charge in [0.1, 0.15) is 0 Å². The standard InChI is InChI=1S/C14H10F10OS/c15-10(16)12(19,20)14(23,24)13(21,22)11(17,18)6-7-26-9(25)8-4-2-1-3-5-8/h1-5,10H,6-7H2. The quantitative estimate of drug-likeness (QED) is 0.502. The molecule has 0 aliphatic heterocycles. The van der Waals surface area contributed by atoms with E-state index >= 15 is 0 Å². The van der Waals surface area contributed by atoms with Gasteiger partial charge in [-0.3, -0.25) is 4.79 Å². The van der Waals surface area contributed by atoms with Gasteiger partial charge in [0.25, 0.3) is 0 Å². The maximum atomic E-state index is 13.4. The average molecular weight is 416 g/mol. The lowest BCUT2D eigenvalue weighted by Gasteiger charge is -2.36. The van der Waals surface area contributed by atoms with E-state index in [1.54, 1.807) is 0 Å². The number of rotatable bonds is 8. The van der Waals surface area contributed by atoms with Crippen molar-refractivity contribution in [1.82, 2.24) is 0 Å². The van der Waals surface area contributed by atoms with Gasteiger partial charge in [0.05, 0.1) is 0 Å². The molecule has 0 saturated carbocycles. The summed E-state index contributed by atoms with van der Waals surface area (Å²) in [5.74, 6) is -27.3. The number of hydrogen-bond donors (Lipinski definition) is 0. The van der Waals surface area contributed by atoms with E-state index in [0.717, 1.165) is 0 Å². The molecule has 0 atom stereocenters. The number of carbonyl (C=O) groups excluding carboxylic acids is 1. The fourth-order valence-corrected chi connectivity index (χ4v) is 2.51. The van der Waals surface area contributed by atoms with Gasteiger partial charge in [0.15, 0.2) is 0 Å². The molecule has 148 valence electrons. The summed E-state index contributed by atoms with van der Waals surface area (Å²) in [4.78, 5) is 11.6. The summed E-state index contributed by atoms with van der Waals surface area (Å²) in [5, 5.41) is -0.852. The third kappa shape index (κ3) is 4.09. The minimum atomic E-state index is -7.01. The zero-order chi connectivity index (χ0) is 20.4. The predicted octanol–water partition coefficient (Wildman–Crippen LogP) is 5.76. The van der Waals surface area contributed by atoms with Crippen LogP contribution < -0.4 is 0 Å². The van der Waals surface area contributed by atoms with E-state index in [0.29, 0.717) is 0 Å². The molecule has 0 amide bonds. The number of benzene rings is 1. The van der Waals surface area contributed by atoms with Crippen LogP contribution >= 0.6 is 11.8 Å². The van der Waals surface area contributed by atoms with E-state index < -0.39 is 47.4 Å². The Morgan fingerprint density at radius 1 is 0.885 bits per heavy atom. The van der Waals surface area contributed by atoms with Gasteiger partial charge in [-0.15, -0.1) is 0 Å². The lowest BCUT2D eigenvalue weighted by molar-refractivity contribution is -0.383. The molecule has 1 aromatic carbocycles. The van der Waals surface area contributed by atoms with Crippen LogP contribution in [0.5, 0.6) is 0 Å². The Kier molecular flexibility index (Phi) is 6.64. The highest BCUT2D eigenvalue weighted by molar-refractivity contribution is 8.14. The largest absolute Gasteiger partial charge is 0.384 e. The molecule has 0 radical (unpaired) electrons. The van der Waals surface area contributed by atoms with Crippen molar-refractivity contribution in [3.05, 3.63) is 35.9 Å². The molecule has 1 rings (SSSR count). The number of halogens is 10. The Labute approximate surface area is 144 Å². The van der Waals surface area contributed by atoms with Crippen molar-refractivity contribution in [2.75, 3.05) is 5.75 Å². The minimum Gasteiger partial charge on any atom is -0.282 e. The first kappa shape index (κ1) is 22.6. The van der Waals surface area contributed by atoms with Crippen LogP contribution in [-0.2, 0) is 0 Å². The average Bonchev–Trinajstić information content (AvgIpc) is 2.54. The first-order chi connectivity index (χ1) is 11.7. The normalized spacial score (nSPS) is 14.0. The Hall–Kier alpha value is -1.46. The smallest absolute Gasteiger partial charge is 0.282 e. The molecule has 0 N–H and O–H groups in total. The van der Waals surface area contributed by atoms with Crippen molar-refractivity contribution in [2.24, 2.45) is 0 Å². The Balaban J connectivity index is 2.86. The first-order valence-corrected chi connectivity index (χ1v) is 7.68. The van der Waals surface area contributed by atoms with Gasteiger partial charge < -0.3 is 0 Å². The second-order valence-corrected chi connectivity index (χ2v) is 6.10. The van der Waals surface area contributed by atoms with Gasteiger partial charge in [-0.2, -0.15) is 35.1 Å². The molecule has 0 aliphatic rings. The van der Waals surface area contributed by atoms with Gasteiger partial charge in [-0.05, 0) is 0 Å². The van der Waals surface area contributed by atoms with Crippen LogP contribution in [0.15, 0.2) is 30.3 Å². The van der Waals surface area contributed by atoms with Crippen molar-refractivity contribution in [3.8, 4) is 0 Å². The third-order valence-electron chi connectivity index (χ3n) is 3.21. The van der Waals surface area contributed by atoms with Crippen LogP contribution in [0.2, 0.25) is 0 Å². The zero-order valence-corrected chi connectivity index (χ0v) is 13.3. The van der Waals surface area contributed by atoms with E-state index in [-0.39, 0.29) is 17.3 Å². The Bertz CT molecular complexity index is 617. The first-order valence-electron chi connectivity index (χ1n) is 6.70. The van der Waals surface area contributed by atoms with Crippen molar-refractivity contribution < 1.29 is 48.7 Å². The van der Waals surface area contributed by atoms with E-state index in [1.165, 1.54) is 30.3 Å². The molecule has 0 aliphatic carbocycles. The monoisotopic (exact) mass is 416 g/mol. The van der Waals surface area contributed by atoms with E-state index in [1.807, 2.05) is 0 Å². The maximum absolute atomic E-state index is 13.4. The highest BCUT2D eigenvalue weighted by Gasteiger charge is 2.82. The second-order valence-electron chi connectivity index (χ2n) is 5.03. The molecular formula is C14H10F10OS. The zero-order valence-electron chi connectivity index (χ0n) is 12.5. The van der Waals surface area contributed by atoms with Crippen LogP contribution in [0.3, 0.4) is 0 Å². The molecule has 0 spiro atoms. The van der Waals surface area contributed by atoms with Crippen LogP contribution in [0.1, 0.15) is 16.8 Å². The Morgan fingerprint density at radius 2 is 1.38 bits per heavy atom. The number of carbonyl (C=O) groups is 1. The summed E-state index contributed by atoms with van der Waals surface area (Å²) < 4.78 is 129. The fourth-order valence-electron chi connectivity index (χ4n) is 1.66. The molecule has 1 aromatic rings. The number of thioether (sulfide) groups is 1. The topological polar surface area (TPSA) is 17.1 Å². The summed E-state index contributed by atoms with van der Waals surface area (Å²) in [7, 11) is 0. The highest BCUT2D eigenvalue weighted by atomic mass is 32.2. The molecule has 0 bridgehead atoms. The molecule has 12 heteroatoms. The molecule has 0 unspecified atom stereocenters. The second kappa shape index (κ2) is 7.65. The number of alkyl halides is 10. The molecule has 1 nitrogen and oxygen atoms in total. The van der Waals surface area contributed by atoms with E-state index in [4.69, 9.17) is 0 Å². The molecule has 0 fully saturated rings. The van der Waals surface area contributed by atoms with Crippen LogP contribution in [0.25, 0.3) is 0 Å². The third-order valence-corrected chi connectivity index (χ3v) is 4.11. The molecular weight excluding hydrogens is 406 g/mol. The minimum absolute atomic E-state index is 0.00198.